The van der Waals surface area contributed by atoms with E-state index in [9.17, 15) is 14.0 Å². The van der Waals surface area contributed by atoms with Crippen molar-refractivity contribution in [2.45, 2.75) is 77.4 Å². The molecule has 1 aliphatic carbocycles. The number of hydrogen-bond acceptors (Lipinski definition) is 2. The fraction of sp³-hybridized carbons (Fsp3) is 0.375. The molecular formula is C32H37FN2O2. The highest BCUT2D eigenvalue weighted by atomic mass is 19.1. The molecule has 194 valence electrons. The summed E-state index contributed by atoms with van der Waals surface area (Å²) in [6.07, 6.45) is 5.98. The summed E-state index contributed by atoms with van der Waals surface area (Å²) in [5, 5.41) is 3.26. The zero-order valence-electron chi connectivity index (χ0n) is 21.9. The highest BCUT2D eigenvalue weighted by Crippen LogP contribution is 2.21. The molecule has 4 rings (SSSR count). The summed E-state index contributed by atoms with van der Waals surface area (Å²) in [7, 11) is 0. The van der Waals surface area contributed by atoms with E-state index in [0.717, 1.165) is 53.5 Å². The van der Waals surface area contributed by atoms with Gasteiger partial charge < -0.3 is 10.2 Å². The third kappa shape index (κ3) is 7.51. The van der Waals surface area contributed by atoms with Gasteiger partial charge in [-0.05, 0) is 61.1 Å². The average molecular weight is 501 g/mol. The van der Waals surface area contributed by atoms with Crippen LogP contribution in [-0.2, 0) is 29.0 Å². The molecule has 1 aliphatic rings. The molecule has 1 fully saturated rings. The number of nitrogens with one attached hydrogen (secondary N) is 1. The van der Waals surface area contributed by atoms with Crippen molar-refractivity contribution < 1.29 is 14.0 Å². The van der Waals surface area contributed by atoms with E-state index in [1.807, 2.05) is 62.4 Å². The third-order valence-electron chi connectivity index (χ3n) is 7.34. The van der Waals surface area contributed by atoms with Crippen molar-refractivity contribution >= 4 is 11.8 Å². The van der Waals surface area contributed by atoms with E-state index in [-0.39, 0.29) is 36.6 Å². The van der Waals surface area contributed by atoms with Gasteiger partial charge in [-0.15, -0.1) is 0 Å². The van der Waals surface area contributed by atoms with Gasteiger partial charge in [-0.25, -0.2) is 4.39 Å². The molecule has 0 spiro atoms. The smallest absolute Gasteiger partial charge is 0.243 e. The van der Waals surface area contributed by atoms with Gasteiger partial charge in [0.2, 0.25) is 11.8 Å². The van der Waals surface area contributed by atoms with Gasteiger partial charge in [-0.2, -0.15) is 0 Å². The number of hydrogen-bond donors (Lipinski definition) is 1. The molecule has 2 amide bonds. The van der Waals surface area contributed by atoms with E-state index < -0.39 is 6.04 Å². The molecule has 4 nitrogen and oxygen atoms in total. The first-order valence-corrected chi connectivity index (χ1v) is 13.3. The summed E-state index contributed by atoms with van der Waals surface area (Å²) in [5.41, 5.74) is 4.88. The number of carbonyl (C=O) groups excluding carboxylic acids is 2. The van der Waals surface area contributed by atoms with E-state index in [1.54, 1.807) is 17.0 Å². The van der Waals surface area contributed by atoms with Crippen molar-refractivity contribution in [3.05, 3.63) is 106 Å². The largest absolute Gasteiger partial charge is 0.352 e. The number of nitrogens with zero attached hydrogens (tertiary/aromatic N) is 1. The van der Waals surface area contributed by atoms with Gasteiger partial charge in [-0.3, -0.25) is 9.59 Å². The fourth-order valence-corrected chi connectivity index (χ4v) is 5.14. The lowest BCUT2D eigenvalue weighted by Gasteiger charge is -2.33. The summed E-state index contributed by atoms with van der Waals surface area (Å²) in [6, 6.07) is 21.6. The fourth-order valence-electron chi connectivity index (χ4n) is 5.14. The Balaban J connectivity index is 1.67. The van der Waals surface area contributed by atoms with E-state index in [0.29, 0.717) is 6.42 Å². The Kier molecular flexibility index (Phi) is 9.10. The van der Waals surface area contributed by atoms with Crippen LogP contribution in [0, 0.1) is 19.7 Å². The zero-order chi connectivity index (χ0) is 26.2. The van der Waals surface area contributed by atoms with Crippen LogP contribution in [0.2, 0.25) is 0 Å². The summed E-state index contributed by atoms with van der Waals surface area (Å²) in [6.45, 7) is 4.25. The van der Waals surface area contributed by atoms with Gasteiger partial charge >= 0.3 is 0 Å². The van der Waals surface area contributed by atoms with Crippen molar-refractivity contribution in [3.63, 3.8) is 0 Å². The van der Waals surface area contributed by atoms with Gasteiger partial charge in [-0.1, -0.05) is 85.5 Å². The molecule has 0 radical (unpaired) electrons. The molecule has 1 atom stereocenters. The molecule has 37 heavy (non-hydrogen) atoms. The highest BCUT2D eigenvalue weighted by molar-refractivity contribution is 5.89. The maximum atomic E-state index is 13.9. The van der Waals surface area contributed by atoms with Gasteiger partial charge in [0.15, 0.2) is 0 Å². The maximum Gasteiger partial charge on any atom is 0.243 e. The monoisotopic (exact) mass is 500 g/mol. The molecule has 0 bridgehead atoms. The minimum atomic E-state index is -0.674. The van der Waals surface area contributed by atoms with E-state index in [2.05, 4.69) is 5.32 Å². The first-order valence-electron chi connectivity index (χ1n) is 13.3. The third-order valence-corrected chi connectivity index (χ3v) is 7.34. The summed E-state index contributed by atoms with van der Waals surface area (Å²) in [4.78, 5) is 29.5. The Hall–Kier alpha value is -3.47. The van der Waals surface area contributed by atoms with Crippen molar-refractivity contribution in [2.24, 2.45) is 0 Å². The van der Waals surface area contributed by atoms with Gasteiger partial charge in [0.25, 0.3) is 0 Å². The predicted octanol–water partition coefficient (Wildman–Crippen LogP) is 6.07. The van der Waals surface area contributed by atoms with Gasteiger partial charge in [0.05, 0.1) is 6.42 Å². The normalized spacial score (nSPS) is 14.7. The lowest BCUT2D eigenvalue weighted by Crippen LogP contribution is -2.53. The van der Waals surface area contributed by atoms with E-state index >= 15 is 0 Å². The molecule has 5 heteroatoms. The molecule has 0 unspecified atom stereocenters. The molecule has 1 saturated carbocycles. The van der Waals surface area contributed by atoms with Crippen LogP contribution in [0.25, 0.3) is 0 Å². The van der Waals surface area contributed by atoms with Gasteiger partial charge in [0.1, 0.15) is 11.9 Å². The Morgan fingerprint density at radius 2 is 1.62 bits per heavy atom. The first kappa shape index (κ1) is 26.6. The van der Waals surface area contributed by atoms with E-state index in [4.69, 9.17) is 0 Å². The minimum Gasteiger partial charge on any atom is -0.352 e. The second kappa shape index (κ2) is 12.7. The van der Waals surface area contributed by atoms with Crippen LogP contribution in [-0.4, -0.2) is 28.8 Å². The predicted molar refractivity (Wildman–Crippen MR) is 146 cm³/mol. The lowest BCUT2D eigenvalue weighted by atomic mass is 9.94. The summed E-state index contributed by atoms with van der Waals surface area (Å²) in [5.74, 6) is -0.558. The van der Waals surface area contributed by atoms with Crippen LogP contribution in [0.3, 0.4) is 0 Å². The Morgan fingerprint density at radius 3 is 2.32 bits per heavy atom. The number of carbonyl (C=O) groups is 2. The van der Waals surface area contributed by atoms with Crippen molar-refractivity contribution in [2.75, 3.05) is 0 Å². The number of benzene rings is 3. The molecule has 0 aromatic heterocycles. The number of aryl methyl sites for hydroxylation is 2. The lowest BCUT2D eigenvalue weighted by molar-refractivity contribution is -0.141. The molecule has 0 saturated heterocycles. The van der Waals surface area contributed by atoms with Crippen LogP contribution in [0.4, 0.5) is 4.39 Å². The average Bonchev–Trinajstić information content (AvgIpc) is 2.90. The first-order chi connectivity index (χ1) is 17.9. The summed E-state index contributed by atoms with van der Waals surface area (Å²) < 4.78 is 13.6. The number of rotatable bonds is 9. The highest BCUT2D eigenvalue weighted by Gasteiger charge is 2.32. The van der Waals surface area contributed by atoms with Gasteiger partial charge in [0, 0.05) is 19.0 Å². The topological polar surface area (TPSA) is 49.4 Å². The molecule has 0 aliphatic heterocycles. The molecule has 0 heterocycles. The van der Waals surface area contributed by atoms with Crippen molar-refractivity contribution in [3.8, 4) is 0 Å². The maximum absolute atomic E-state index is 13.9. The Bertz CT molecular complexity index is 1190. The molecule has 1 N–H and O–H groups in total. The second-order valence-electron chi connectivity index (χ2n) is 10.3. The van der Waals surface area contributed by atoms with Crippen LogP contribution in [0.1, 0.15) is 59.9 Å². The van der Waals surface area contributed by atoms with Crippen LogP contribution in [0.15, 0.2) is 72.8 Å². The Morgan fingerprint density at radius 1 is 0.919 bits per heavy atom. The van der Waals surface area contributed by atoms with Crippen LogP contribution in [0.5, 0.6) is 0 Å². The van der Waals surface area contributed by atoms with Crippen molar-refractivity contribution in [1.82, 2.24) is 10.2 Å². The van der Waals surface area contributed by atoms with Crippen LogP contribution >= 0.6 is 0 Å². The molecule has 3 aromatic carbocycles. The summed E-state index contributed by atoms with van der Waals surface area (Å²) >= 11 is 0. The minimum absolute atomic E-state index is 0.113. The molecule has 3 aromatic rings. The zero-order valence-corrected chi connectivity index (χ0v) is 21.9. The quantitative estimate of drug-likeness (QED) is 0.387. The SMILES string of the molecule is Cc1ccc(C)c(CC(=O)N(Cc2ccc(F)cc2)[C@H](Cc2ccccc2)C(=O)NC2CCCCC2)c1. The second-order valence-corrected chi connectivity index (χ2v) is 10.3. The van der Waals surface area contributed by atoms with E-state index in [1.165, 1.54) is 18.6 Å². The number of halogens is 1. The van der Waals surface area contributed by atoms with Crippen molar-refractivity contribution in [1.29, 1.82) is 0 Å². The number of amides is 2. The standard InChI is InChI=1S/C32H37FN2O2/c1-23-13-14-24(2)27(19-23)21-31(36)35(22-26-15-17-28(33)18-16-26)30(20-25-9-5-3-6-10-25)32(37)34-29-11-7-4-8-12-29/h3,5-6,9-10,13-19,29-30H,4,7-8,11-12,20-22H2,1-2H3,(H,34,37)/t30-/m1/s1. The Labute approximate surface area is 219 Å². The molecular weight excluding hydrogens is 463 g/mol. The van der Waals surface area contributed by atoms with Crippen LogP contribution < -0.4 is 5.32 Å².